The average Bonchev–Trinajstić information content (AvgIpc) is 3.43. The number of amides is 1. The quantitative estimate of drug-likeness (QED) is 0.198. The zero-order chi connectivity index (χ0) is 23.5. The molecule has 0 saturated carbocycles. The Kier molecular flexibility index (Phi) is 6.22. The first-order valence-electron chi connectivity index (χ1n) is 11.5. The molecule has 0 fully saturated rings. The van der Waals surface area contributed by atoms with Gasteiger partial charge in [0.1, 0.15) is 17.4 Å². The van der Waals surface area contributed by atoms with Crippen LogP contribution in [0, 0.1) is 24.7 Å². The highest BCUT2D eigenvalue weighted by Crippen LogP contribution is 2.30. The van der Waals surface area contributed by atoms with Gasteiger partial charge < -0.3 is 9.40 Å². The van der Waals surface area contributed by atoms with Crippen LogP contribution in [-0.2, 0) is 24.3 Å². The number of nitrogens with zero attached hydrogens (tertiary/aromatic N) is 1. The molecule has 1 aliphatic rings. The number of para-hydroxylation sites is 1. The maximum absolute atomic E-state index is 11.7. The molecule has 2 aromatic heterocycles. The van der Waals surface area contributed by atoms with E-state index in [9.17, 15) is 4.79 Å². The number of benzene rings is 2. The number of furan rings is 1. The lowest BCUT2D eigenvalue weighted by Gasteiger charge is -2.24. The summed E-state index contributed by atoms with van der Waals surface area (Å²) >= 11 is 0. The molecule has 2 atom stereocenters. The summed E-state index contributed by atoms with van der Waals surface area (Å²) in [6.45, 7) is 4.35. The third-order valence-electron chi connectivity index (χ3n) is 6.41. The second-order valence-electron chi connectivity index (χ2n) is 8.79. The topological polar surface area (TPSA) is 81.5 Å². The standard InChI is InChI=1S/C28H27N3O3/c1-19-6-11-23(34-19)18-31(15-14-22-16-29-27-5-3-2-4-25(22)27)17-20-7-9-21(10-8-20)24-12-13-26(24)28(32)30-33/h2-11,16,24,26,29,33H,14-15,17-18H2,1H3,(H,30,32). The third-order valence-corrected chi connectivity index (χ3v) is 6.41. The van der Waals surface area contributed by atoms with Crippen molar-refractivity contribution in [3.8, 4) is 11.8 Å². The molecule has 0 saturated heterocycles. The summed E-state index contributed by atoms with van der Waals surface area (Å²) in [5, 5.41) is 10.2. The molecular weight excluding hydrogens is 426 g/mol. The minimum atomic E-state index is -0.495. The molecule has 0 aliphatic heterocycles. The molecule has 1 aliphatic carbocycles. The number of H-pyrrole nitrogens is 1. The number of carbonyl (C=O) groups is 1. The van der Waals surface area contributed by atoms with Gasteiger partial charge in [-0.25, -0.2) is 5.48 Å². The normalized spacial score (nSPS) is 16.8. The second kappa shape index (κ2) is 9.60. The van der Waals surface area contributed by atoms with Gasteiger partial charge in [0.05, 0.1) is 12.5 Å². The Bertz CT molecular complexity index is 1360. The molecule has 5 rings (SSSR count). The number of aromatic amines is 1. The van der Waals surface area contributed by atoms with E-state index in [1.54, 1.807) is 5.48 Å². The van der Waals surface area contributed by atoms with Crippen molar-refractivity contribution in [2.45, 2.75) is 32.4 Å². The molecule has 2 heterocycles. The van der Waals surface area contributed by atoms with Crippen LogP contribution in [0.4, 0.5) is 0 Å². The first-order chi connectivity index (χ1) is 16.6. The van der Waals surface area contributed by atoms with E-state index in [2.05, 4.69) is 58.3 Å². The number of hydrogen-bond donors (Lipinski definition) is 3. The summed E-state index contributed by atoms with van der Waals surface area (Å²) in [5.41, 5.74) is 6.35. The monoisotopic (exact) mass is 453 g/mol. The minimum absolute atomic E-state index is 0.176. The van der Waals surface area contributed by atoms with Crippen LogP contribution in [0.1, 0.15) is 34.1 Å². The van der Waals surface area contributed by atoms with Gasteiger partial charge >= 0.3 is 0 Å². The van der Waals surface area contributed by atoms with Crippen LogP contribution in [0.5, 0.6) is 0 Å². The van der Waals surface area contributed by atoms with Gasteiger partial charge in [-0.1, -0.05) is 54.3 Å². The largest absolute Gasteiger partial charge is 0.465 e. The smallest absolute Gasteiger partial charge is 0.260 e. The minimum Gasteiger partial charge on any atom is -0.465 e. The summed E-state index contributed by atoms with van der Waals surface area (Å²) in [4.78, 5) is 17.5. The fraction of sp³-hybridized carbons (Fsp3) is 0.250. The van der Waals surface area contributed by atoms with E-state index < -0.39 is 11.8 Å². The molecule has 2 unspecified atom stereocenters. The van der Waals surface area contributed by atoms with Gasteiger partial charge in [0.25, 0.3) is 5.91 Å². The Morgan fingerprint density at radius 3 is 2.62 bits per heavy atom. The van der Waals surface area contributed by atoms with Crippen molar-refractivity contribution in [3.63, 3.8) is 0 Å². The highest BCUT2D eigenvalue weighted by atomic mass is 16.5. The summed E-state index contributed by atoms with van der Waals surface area (Å²) in [7, 11) is 0. The highest BCUT2D eigenvalue weighted by molar-refractivity contribution is 5.84. The maximum Gasteiger partial charge on any atom is 0.260 e. The molecule has 3 N–H and O–H groups in total. The average molecular weight is 454 g/mol. The van der Waals surface area contributed by atoms with Gasteiger partial charge in [0.15, 0.2) is 0 Å². The van der Waals surface area contributed by atoms with E-state index in [-0.39, 0.29) is 5.92 Å². The van der Waals surface area contributed by atoms with Crippen molar-refractivity contribution < 1.29 is 14.4 Å². The van der Waals surface area contributed by atoms with Crippen LogP contribution in [0.15, 0.2) is 71.3 Å². The Labute approximate surface area is 198 Å². The van der Waals surface area contributed by atoms with E-state index >= 15 is 0 Å². The van der Waals surface area contributed by atoms with Crippen molar-refractivity contribution in [1.29, 1.82) is 0 Å². The zero-order valence-corrected chi connectivity index (χ0v) is 19.0. The van der Waals surface area contributed by atoms with Gasteiger partial charge in [-0.05, 0) is 48.2 Å². The summed E-state index contributed by atoms with van der Waals surface area (Å²) in [6.07, 6.45) is 3.03. The lowest BCUT2D eigenvalue weighted by atomic mass is 9.79. The number of aryl methyl sites for hydroxylation is 1. The fourth-order valence-corrected chi connectivity index (χ4v) is 4.52. The predicted molar refractivity (Wildman–Crippen MR) is 130 cm³/mol. The Hall–Kier alpha value is -3.79. The van der Waals surface area contributed by atoms with Crippen molar-refractivity contribution in [3.05, 3.63) is 95.1 Å². The SMILES string of the molecule is Cc1ccc(CN(CCc2c[nH]c3ccccc23)Cc2ccc(C3C#CC3C(=O)NO)cc2)o1. The van der Waals surface area contributed by atoms with Gasteiger partial charge in [-0.15, -0.1) is 0 Å². The van der Waals surface area contributed by atoms with Crippen molar-refractivity contribution in [1.82, 2.24) is 15.4 Å². The van der Waals surface area contributed by atoms with Crippen molar-refractivity contribution in [2.24, 2.45) is 5.92 Å². The lowest BCUT2D eigenvalue weighted by molar-refractivity contribution is -0.132. The van der Waals surface area contributed by atoms with Gasteiger partial charge in [-0.3, -0.25) is 14.9 Å². The fourth-order valence-electron chi connectivity index (χ4n) is 4.52. The van der Waals surface area contributed by atoms with Crippen molar-refractivity contribution in [2.75, 3.05) is 6.54 Å². The predicted octanol–water partition coefficient (Wildman–Crippen LogP) is 4.54. The number of hydrogen-bond acceptors (Lipinski definition) is 4. The summed E-state index contributed by atoms with van der Waals surface area (Å²) < 4.78 is 5.86. The van der Waals surface area contributed by atoms with E-state index in [0.29, 0.717) is 0 Å². The van der Waals surface area contributed by atoms with E-state index in [0.717, 1.165) is 48.7 Å². The molecule has 6 heteroatoms. The molecule has 0 bridgehead atoms. The van der Waals surface area contributed by atoms with Gasteiger partial charge in [0, 0.05) is 30.2 Å². The second-order valence-corrected chi connectivity index (χ2v) is 8.79. The number of carbonyl (C=O) groups excluding carboxylic acids is 1. The molecular formula is C28H27N3O3. The van der Waals surface area contributed by atoms with Crippen LogP contribution in [0.2, 0.25) is 0 Å². The van der Waals surface area contributed by atoms with Crippen LogP contribution in [0.25, 0.3) is 10.9 Å². The molecule has 0 radical (unpaired) electrons. The first-order valence-corrected chi connectivity index (χ1v) is 11.5. The number of hydroxylamine groups is 1. The van der Waals surface area contributed by atoms with E-state index in [4.69, 9.17) is 9.62 Å². The molecule has 4 aromatic rings. The van der Waals surface area contributed by atoms with Crippen molar-refractivity contribution >= 4 is 16.8 Å². The molecule has 2 aromatic carbocycles. The molecule has 0 spiro atoms. The van der Waals surface area contributed by atoms with Gasteiger partial charge in [0.2, 0.25) is 0 Å². The van der Waals surface area contributed by atoms with Crippen LogP contribution in [-0.4, -0.2) is 27.5 Å². The maximum atomic E-state index is 11.7. The molecule has 1 amide bonds. The van der Waals surface area contributed by atoms with Gasteiger partial charge in [-0.2, -0.15) is 0 Å². The van der Waals surface area contributed by atoms with Crippen LogP contribution in [0.3, 0.4) is 0 Å². The highest BCUT2D eigenvalue weighted by Gasteiger charge is 2.32. The number of aromatic nitrogens is 1. The van der Waals surface area contributed by atoms with E-state index in [1.165, 1.54) is 16.5 Å². The molecule has 172 valence electrons. The Morgan fingerprint density at radius 2 is 1.91 bits per heavy atom. The Morgan fingerprint density at radius 1 is 1.09 bits per heavy atom. The lowest BCUT2D eigenvalue weighted by Crippen LogP contribution is -2.34. The Balaban J connectivity index is 1.29. The first kappa shape index (κ1) is 22.0. The number of fused-ring (bicyclic) bond motifs is 1. The zero-order valence-electron chi connectivity index (χ0n) is 19.0. The summed E-state index contributed by atoms with van der Waals surface area (Å²) in [5.74, 6) is 6.59. The number of nitrogens with one attached hydrogen (secondary N) is 2. The van der Waals surface area contributed by atoms with E-state index in [1.807, 2.05) is 37.3 Å². The van der Waals surface area contributed by atoms with Crippen LogP contribution >= 0.6 is 0 Å². The van der Waals surface area contributed by atoms with Crippen LogP contribution < -0.4 is 5.48 Å². The summed E-state index contributed by atoms with van der Waals surface area (Å²) in [6, 6.07) is 20.7. The molecule has 34 heavy (non-hydrogen) atoms. The number of rotatable bonds is 9. The molecule has 6 nitrogen and oxygen atoms in total. The third kappa shape index (κ3) is 4.62.